The average Bonchev–Trinajstić information content (AvgIpc) is 3.10. The standard InChI is InChI=1S/C22H26N2O2S2/c1-5-17-19(16-10-8-15(9-11-16)14(2)3)20-21(23-13-24-22(20)28-17)27-12-6-7-18(25)26-4/h8-11,13-14H,5-7,12H2,1-4H3. The van der Waals surface area contributed by atoms with E-state index >= 15 is 0 Å². The highest BCUT2D eigenvalue weighted by atomic mass is 32.2. The SMILES string of the molecule is CCc1sc2ncnc(SCCCC(=O)OC)c2c1-c1ccc(C(C)C)cc1. The third-order valence-corrected chi connectivity index (χ3v) is 7.02. The zero-order valence-electron chi connectivity index (χ0n) is 16.8. The fourth-order valence-electron chi connectivity index (χ4n) is 3.14. The third-order valence-electron chi connectivity index (χ3n) is 4.71. The second kappa shape index (κ2) is 9.52. The van der Waals surface area contributed by atoms with Crippen LogP contribution < -0.4 is 0 Å². The van der Waals surface area contributed by atoms with Crippen LogP contribution in [-0.4, -0.2) is 28.8 Å². The first-order chi connectivity index (χ1) is 13.5. The Morgan fingerprint density at radius 3 is 2.61 bits per heavy atom. The fourth-order valence-corrected chi connectivity index (χ4v) is 5.25. The van der Waals surface area contributed by atoms with Crippen molar-refractivity contribution in [2.75, 3.05) is 12.9 Å². The van der Waals surface area contributed by atoms with Gasteiger partial charge in [-0.05, 0) is 29.9 Å². The van der Waals surface area contributed by atoms with Gasteiger partial charge >= 0.3 is 5.97 Å². The number of aromatic nitrogens is 2. The van der Waals surface area contributed by atoms with Crippen molar-refractivity contribution in [1.29, 1.82) is 0 Å². The highest BCUT2D eigenvalue weighted by Gasteiger charge is 2.18. The summed E-state index contributed by atoms with van der Waals surface area (Å²) in [6.07, 6.45) is 3.82. The number of thioether (sulfide) groups is 1. The molecule has 0 amide bonds. The summed E-state index contributed by atoms with van der Waals surface area (Å²) in [4.78, 5) is 22.8. The number of thiophene rings is 1. The number of fused-ring (bicyclic) bond motifs is 1. The van der Waals surface area contributed by atoms with Crippen LogP contribution in [0.15, 0.2) is 35.6 Å². The van der Waals surface area contributed by atoms with Gasteiger partial charge in [0.25, 0.3) is 0 Å². The normalized spacial score (nSPS) is 11.3. The number of carbonyl (C=O) groups is 1. The molecular weight excluding hydrogens is 388 g/mol. The molecule has 0 radical (unpaired) electrons. The predicted molar refractivity (Wildman–Crippen MR) is 118 cm³/mol. The van der Waals surface area contributed by atoms with Crippen molar-refractivity contribution < 1.29 is 9.53 Å². The van der Waals surface area contributed by atoms with Crippen LogP contribution in [0.1, 0.15) is 50.0 Å². The Kier molecular flexibility index (Phi) is 7.08. The van der Waals surface area contributed by atoms with Crippen LogP contribution in [0, 0.1) is 0 Å². The van der Waals surface area contributed by atoms with E-state index in [4.69, 9.17) is 4.74 Å². The maximum atomic E-state index is 11.3. The molecule has 148 valence electrons. The quantitative estimate of drug-likeness (QED) is 0.193. The van der Waals surface area contributed by atoms with Crippen LogP contribution in [0.25, 0.3) is 21.3 Å². The lowest BCUT2D eigenvalue weighted by Crippen LogP contribution is -2.00. The van der Waals surface area contributed by atoms with Crippen molar-refractivity contribution in [2.24, 2.45) is 0 Å². The number of aryl methyl sites for hydroxylation is 1. The van der Waals surface area contributed by atoms with Gasteiger partial charge in [0.05, 0.1) is 12.5 Å². The highest BCUT2D eigenvalue weighted by Crippen LogP contribution is 2.42. The number of hydrogen-bond donors (Lipinski definition) is 0. The molecule has 1 aromatic carbocycles. The van der Waals surface area contributed by atoms with E-state index in [-0.39, 0.29) is 5.97 Å². The van der Waals surface area contributed by atoms with E-state index in [0.29, 0.717) is 12.3 Å². The minimum Gasteiger partial charge on any atom is -0.469 e. The van der Waals surface area contributed by atoms with Crippen LogP contribution in [0.3, 0.4) is 0 Å². The number of rotatable bonds is 8. The van der Waals surface area contributed by atoms with Gasteiger partial charge < -0.3 is 4.74 Å². The molecule has 0 saturated carbocycles. The smallest absolute Gasteiger partial charge is 0.305 e. The first-order valence-corrected chi connectivity index (χ1v) is 11.4. The van der Waals surface area contributed by atoms with Gasteiger partial charge in [-0.3, -0.25) is 4.79 Å². The lowest BCUT2D eigenvalue weighted by atomic mass is 9.97. The Balaban J connectivity index is 1.95. The summed E-state index contributed by atoms with van der Waals surface area (Å²) in [7, 11) is 1.43. The van der Waals surface area contributed by atoms with E-state index in [2.05, 4.69) is 55.0 Å². The Labute approximate surface area is 174 Å². The zero-order chi connectivity index (χ0) is 20.1. The topological polar surface area (TPSA) is 52.1 Å². The van der Waals surface area contributed by atoms with E-state index in [1.165, 1.54) is 28.7 Å². The van der Waals surface area contributed by atoms with Gasteiger partial charge in [-0.1, -0.05) is 45.0 Å². The van der Waals surface area contributed by atoms with Crippen molar-refractivity contribution in [3.8, 4) is 11.1 Å². The van der Waals surface area contributed by atoms with Gasteiger partial charge in [0, 0.05) is 22.6 Å². The Bertz CT molecular complexity index is 949. The molecule has 0 atom stereocenters. The van der Waals surface area contributed by atoms with Crippen LogP contribution >= 0.6 is 23.1 Å². The molecule has 0 unspecified atom stereocenters. The molecule has 28 heavy (non-hydrogen) atoms. The van der Waals surface area contributed by atoms with Crippen molar-refractivity contribution in [3.05, 3.63) is 41.0 Å². The fraction of sp³-hybridized carbons (Fsp3) is 0.409. The van der Waals surface area contributed by atoms with Crippen LogP contribution in [0.2, 0.25) is 0 Å². The number of esters is 1. The minimum atomic E-state index is -0.164. The molecule has 0 bridgehead atoms. The maximum Gasteiger partial charge on any atom is 0.305 e. The molecule has 2 aromatic heterocycles. The first kappa shape index (κ1) is 20.8. The molecule has 0 aliphatic carbocycles. The van der Waals surface area contributed by atoms with Crippen molar-refractivity contribution in [2.45, 2.75) is 51.0 Å². The molecule has 0 fully saturated rings. The van der Waals surface area contributed by atoms with Gasteiger partial charge in [-0.15, -0.1) is 23.1 Å². The summed E-state index contributed by atoms with van der Waals surface area (Å²) in [6.45, 7) is 6.61. The highest BCUT2D eigenvalue weighted by molar-refractivity contribution is 7.99. The summed E-state index contributed by atoms with van der Waals surface area (Å²) in [6, 6.07) is 8.87. The molecule has 0 saturated heterocycles. The first-order valence-electron chi connectivity index (χ1n) is 9.61. The number of methoxy groups -OCH3 is 1. The van der Waals surface area contributed by atoms with Gasteiger partial charge in [0.15, 0.2) is 0 Å². The molecule has 3 rings (SSSR count). The minimum absolute atomic E-state index is 0.164. The van der Waals surface area contributed by atoms with E-state index in [0.717, 1.165) is 33.8 Å². The van der Waals surface area contributed by atoms with E-state index in [1.54, 1.807) is 29.4 Å². The molecule has 0 N–H and O–H groups in total. The number of nitrogens with zero attached hydrogens (tertiary/aromatic N) is 2. The predicted octanol–water partition coefficient (Wildman–Crippen LogP) is 6.09. The molecule has 6 heteroatoms. The van der Waals surface area contributed by atoms with E-state index in [9.17, 15) is 4.79 Å². The van der Waals surface area contributed by atoms with Crippen molar-refractivity contribution in [1.82, 2.24) is 9.97 Å². The van der Waals surface area contributed by atoms with Crippen LogP contribution in [-0.2, 0) is 16.0 Å². The Morgan fingerprint density at radius 2 is 1.96 bits per heavy atom. The summed E-state index contributed by atoms with van der Waals surface area (Å²) in [5.74, 6) is 1.18. The number of hydrogen-bond acceptors (Lipinski definition) is 6. The summed E-state index contributed by atoms with van der Waals surface area (Å²) >= 11 is 3.44. The van der Waals surface area contributed by atoms with Gasteiger partial charge in [0.2, 0.25) is 0 Å². The lowest BCUT2D eigenvalue weighted by molar-refractivity contribution is -0.140. The van der Waals surface area contributed by atoms with Gasteiger partial charge in [-0.2, -0.15) is 0 Å². The van der Waals surface area contributed by atoms with Crippen LogP contribution in [0.4, 0.5) is 0 Å². The largest absolute Gasteiger partial charge is 0.469 e. The van der Waals surface area contributed by atoms with E-state index < -0.39 is 0 Å². The number of benzene rings is 1. The molecule has 2 heterocycles. The summed E-state index contributed by atoms with van der Waals surface area (Å²) < 4.78 is 4.72. The second-order valence-electron chi connectivity index (χ2n) is 6.92. The van der Waals surface area contributed by atoms with Crippen molar-refractivity contribution in [3.63, 3.8) is 0 Å². The monoisotopic (exact) mass is 414 g/mol. The second-order valence-corrected chi connectivity index (χ2v) is 9.08. The van der Waals surface area contributed by atoms with Crippen LogP contribution in [0.5, 0.6) is 0 Å². The molecular formula is C22H26N2O2S2. The molecule has 3 aromatic rings. The molecule has 0 aliphatic rings. The number of ether oxygens (including phenoxy) is 1. The van der Waals surface area contributed by atoms with Gasteiger partial charge in [0.1, 0.15) is 16.2 Å². The maximum absolute atomic E-state index is 11.3. The average molecular weight is 415 g/mol. The molecule has 0 spiro atoms. The third kappa shape index (κ3) is 4.55. The Hall–Kier alpha value is -1.92. The zero-order valence-corrected chi connectivity index (χ0v) is 18.5. The summed E-state index contributed by atoms with van der Waals surface area (Å²) in [5.41, 5.74) is 3.82. The van der Waals surface area contributed by atoms with Gasteiger partial charge in [-0.25, -0.2) is 9.97 Å². The molecule has 0 aliphatic heterocycles. The Morgan fingerprint density at radius 1 is 1.21 bits per heavy atom. The van der Waals surface area contributed by atoms with E-state index in [1.807, 2.05) is 0 Å². The van der Waals surface area contributed by atoms with Crippen molar-refractivity contribution >= 4 is 39.3 Å². The summed E-state index contributed by atoms with van der Waals surface area (Å²) in [5, 5.41) is 2.14. The molecule has 4 nitrogen and oxygen atoms in total. The lowest BCUT2D eigenvalue weighted by Gasteiger charge is -2.09. The number of carbonyl (C=O) groups excluding carboxylic acids is 1.